The second-order valence-corrected chi connectivity index (χ2v) is 8.71. The van der Waals surface area contributed by atoms with Gasteiger partial charge in [-0.15, -0.1) is 0 Å². The van der Waals surface area contributed by atoms with Crippen molar-refractivity contribution in [3.05, 3.63) is 70.6 Å². The molecular formula is C25H27F2N3O4. The first kappa shape index (κ1) is 24.8. The summed E-state index contributed by atoms with van der Waals surface area (Å²) in [5.41, 5.74) is 0.720. The number of halogens is 2. The van der Waals surface area contributed by atoms with Gasteiger partial charge in [0.05, 0.1) is 0 Å². The molecule has 1 aromatic heterocycles. The van der Waals surface area contributed by atoms with Crippen LogP contribution in [-0.4, -0.2) is 30.4 Å². The Morgan fingerprint density at radius 2 is 1.74 bits per heavy atom. The topological polar surface area (TPSA) is 72.8 Å². The summed E-state index contributed by atoms with van der Waals surface area (Å²) in [5, 5.41) is 3.02. The van der Waals surface area contributed by atoms with E-state index in [1.165, 1.54) is 23.7 Å². The zero-order valence-corrected chi connectivity index (χ0v) is 19.9. The highest BCUT2D eigenvalue weighted by molar-refractivity contribution is 5.88. The minimum absolute atomic E-state index is 0.0861. The van der Waals surface area contributed by atoms with E-state index in [0.717, 1.165) is 22.7 Å². The third kappa shape index (κ3) is 5.54. The number of aromatic nitrogens is 1. The number of aryl methyl sites for hydroxylation is 1. The molecule has 0 bridgehead atoms. The lowest BCUT2D eigenvalue weighted by Gasteiger charge is -2.25. The summed E-state index contributed by atoms with van der Waals surface area (Å²) < 4.78 is 40.1. The van der Waals surface area contributed by atoms with Crippen LogP contribution in [0.4, 0.5) is 25.0 Å². The van der Waals surface area contributed by atoms with E-state index in [9.17, 15) is 18.4 Å². The average molecular weight is 472 g/mol. The summed E-state index contributed by atoms with van der Waals surface area (Å²) >= 11 is 0. The van der Waals surface area contributed by atoms with Crippen molar-refractivity contribution < 1.29 is 23.0 Å². The number of carbonyl (C=O) groups is 1. The van der Waals surface area contributed by atoms with E-state index in [4.69, 9.17) is 9.47 Å². The van der Waals surface area contributed by atoms with E-state index in [0.29, 0.717) is 11.1 Å². The maximum absolute atomic E-state index is 14.2. The molecule has 1 amide bonds. The lowest BCUT2D eigenvalue weighted by atomic mass is 10.0. The van der Waals surface area contributed by atoms with Gasteiger partial charge in [0.1, 0.15) is 22.9 Å². The number of anilines is 2. The quantitative estimate of drug-likeness (QED) is 0.529. The van der Waals surface area contributed by atoms with Crippen LogP contribution in [0.3, 0.4) is 0 Å². The van der Waals surface area contributed by atoms with Gasteiger partial charge in [0.25, 0.3) is 5.56 Å². The molecule has 1 heterocycles. The van der Waals surface area contributed by atoms with Crippen LogP contribution in [0.1, 0.15) is 20.8 Å². The van der Waals surface area contributed by atoms with Crippen LogP contribution in [0, 0.1) is 11.6 Å². The molecule has 1 N–H and O–H groups in total. The van der Waals surface area contributed by atoms with Crippen molar-refractivity contribution in [2.75, 3.05) is 24.3 Å². The van der Waals surface area contributed by atoms with Gasteiger partial charge >= 0.3 is 6.09 Å². The first-order valence-electron chi connectivity index (χ1n) is 10.5. The van der Waals surface area contributed by atoms with Gasteiger partial charge in [-0.05, 0) is 57.2 Å². The molecule has 0 atom stereocenters. The number of rotatable bonds is 5. The van der Waals surface area contributed by atoms with Gasteiger partial charge in [-0.1, -0.05) is 0 Å². The molecule has 9 heteroatoms. The van der Waals surface area contributed by atoms with Crippen LogP contribution >= 0.6 is 0 Å². The molecule has 0 aliphatic heterocycles. The molecule has 0 saturated carbocycles. The third-order valence-corrected chi connectivity index (χ3v) is 4.89. The minimum atomic E-state index is -0.852. The molecular weight excluding hydrogens is 444 g/mol. The van der Waals surface area contributed by atoms with Crippen molar-refractivity contribution in [2.45, 2.75) is 26.4 Å². The second-order valence-electron chi connectivity index (χ2n) is 8.71. The maximum Gasteiger partial charge on any atom is 0.414 e. The van der Waals surface area contributed by atoms with Gasteiger partial charge in [-0.25, -0.2) is 13.6 Å². The highest BCUT2D eigenvalue weighted by Crippen LogP contribution is 2.37. The van der Waals surface area contributed by atoms with E-state index in [1.54, 1.807) is 59.3 Å². The highest BCUT2D eigenvalue weighted by Gasteiger charge is 2.24. The maximum atomic E-state index is 14.2. The largest absolute Gasteiger partial charge is 0.454 e. The Kier molecular flexibility index (Phi) is 6.95. The number of benzene rings is 2. The van der Waals surface area contributed by atoms with Gasteiger partial charge in [-0.2, -0.15) is 0 Å². The molecule has 2 aromatic carbocycles. The van der Waals surface area contributed by atoms with E-state index in [-0.39, 0.29) is 17.2 Å². The molecule has 180 valence electrons. The molecule has 7 nitrogen and oxygen atoms in total. The first-order chi connectivity index (χ1) is 15.9. The number of hydrogen-bond acceptors (Lipinski definition) is 5. The normalized spacial score (nSPS) is 11.2. The highest BCUT2D eigenvalue weighted by atomic mass is 19.1. The van der Waals surface area contributed by atoms with Crippen LogP contribution in [0.25, 0.3) is 11.1 Å². The summed E-state index contributed by atoms with van der Waals surface area (Å²) in [7, 11) is 4.74. The van der Waals surface area contributed by atoms with Crippen molar-refractivity contribution in [1.82, 2.24) is 4.57 Å². The summed E-state index contributed by atoms with van der Waals surface area (Å²) in [6.45, 7) is 5.19. The minimum Gasteiger partial charge on any atom is -0.454 e. The Hall–Kier alpha value is -3.88. The van der Waals surface area contributed by atoms with Crippen LogP contribution in [-0.2, 0) is 11.8 Å². The molecule has 3 aromatic rings. The van der Waals surface area contributed by atoms with Crippen LogP contribution < -0.4 is 20.5 Å². The summed E-state index contributed by atoms with van der Waals surface area (Å²) in [4.78, 5) is 26.6. The number of ether oxygens (including phenoxy) is 2. The first-order valence-corrected chi connectivity index (χ1v) is 10.5. The van der Waals surface area contributed by atoms with E-state index < -0.39 is 28.9 Å². The summed E-state index contributed by atoms with van der Waals surface area (Å²) in [6, 6.07) is 9.69. The molecule has 0 saturated heterocycles. The Morgan fingerprint density at radius 3 is 2.35 bits per heavy atom. The Labute approximate surface area is 196 Å². The standard InChI is InChI=1S/C25H27F2N3O4/c1-25(2,3)34-24(32)30(6)20-11-15(14-29(5)23(20)31)18-13-17(28-4)8-10-21(18)33-22-9-7-16(26)12-19(22)27/h7-14,28H,1-6H3. The number of carbonyl (C=O) groups excluding carboxylic acids is 1. The third-order valence-electron chi connectivity index (χ3n) is 4.89. The van der Waals surface area contributed by atoms with Crippen molar-refractivity contribution in [2.24, 2.45) is 7.05 Å². The van der Waals surface area contributed by atoms with Crippen LogP contribution in [0.2, 0.25) is 0 Å². The van der Waals surface area contributed by atoms with Gasteiger partial charge < -0.3 is 19.4 Å². The van der Waals surface area contributed by atoms with Crippen molar-refractivity contribution in [1.29, 1.82) is 0 Å². The van der Waals surface area contributed by atoms with Gasteiger partial charge in [0.2, 0.25) is 0 Å². The number of hydrogen-bond donors (Lipinski definition) is 1. The Balaban J connectivity index is 2.11. The van der Waals surface area contributed by atoms with Crippen molar-refractivity contribution >= 4 is 17.5 Å². The van der Waals surface area contributed by atoms with Crippen LogP contribution in [0.15, 0.2) is 53.5 Å². The molecule has 0 aliphatic carbocycles. The lowest BCUT2D eigenvalue weighted by Crippen LogP contribution is -2.37. The predicted octanol–water partition coefficient (Wildman–Crippen LogP) is 5.54. The van der Waals surface area contributed by atoms with Gasteiger partial charge in [-0.3, -0.25) is 9.69 Å². The molecule has 34 heavy (non-hydrogen) atoms. The van der Waals surface area contributed by atoms with Crippen LogP contribution in [0.5, 0.6) is 11.5 Å². The molecule has 3 rings (SSSR count). The molecule has 0 fully saturated rings. The zero-order chi connectivity index (χ0) is 25.2. The fourth-order valence-electron chi connectivity index (χ4n) is 3.19. The van der Waals surface area contributed by atoms with Crippen molar-refractivity contribution in [3.63, 3.8) is 0 Å². The van der Waals surface area contributed by atoms with E-state index in [2.05, 4.69) is 5.32 Å². The Bertz CT molecular complexity index is 1280. The van der Waals surface area contributed by atoms with Crippen molar-refractivity contribution in [3.8, 4) is 22.6 Å². The van der Waals surface area contributed by atoms with E-state index in [1.807, 2.05) is 0 Å². The zero-order valence-electron chi connectivity index (χ0n) is 19.9. The molecule has 0 radical (unpaired) electrons. The molecule has 0 unspecified atom stereocenters. The fraction of sp³-hybridized carbons (Fsp3) is 0.280. The number of pyridine rings is 1. The molecule has 0 spiro atoms. The SMILES string of the molecule is CNc1ccc(Oc2ccc(F)cc2F)c(-c2cc(N(C)C(=O)OC(C)(C)C)c(=O)n(C)c2)c1. The monoisotopic (exact) mass is 471 g/mol. The summed E-state index contributed by atoms with van der Waals surface area (Å²) in [6.07, 6.45) is 0.896. The van der Waals surface area contributed by atoms with Gasteiger partial charge in [0.15, 0.2) is 11.6 Å². The van der Waals surface area contributed by atoms with E-state index >= 15 is 0 Å². The number of amides is 1. The smallest absolute Gasteiger partial charge is 0.414 e. The fourth-order valence-corrected chi connectivity index (χ4v) is 3.19. The Morgan fingerprint density at radius 1 is 1.06 bits per heavy atom. The second kappa shape index (κ2) is 9.54. The van der Waals surface area contributed by atoms with Gasteiger partial charge in [0, 0.05) is 50.2 Å². The number of nitrogens with zero attached hydrogens (tertiary/aromatic N) is 2. The predicted molar refractivity (Wildman–Crippen MR) is 128 cm³/mol. The average Bonchev–Trinajstić information content (AvgIpc) is 2.76. The lowest BCUT2D eigenvalue weighted by molar-refractivity contribution is 0.0589. The molecule has 0 aliphatic rings. The number of nitrogens with one attached hydrogen (secondary N) is 1. The summed E-state index contributed by atoms with van der Waals surface area (Å²) in [5.74, 6) is -1.46.